The number of hydrogen-bond donors (Lipinski definition) is 1. The smallest absolute Gasteiger partial charge is 0.244 e. The first-order valence-corrected chi connectivity index (χ1v) is 8.03. The maximum Gasteiger partial charge on any atom is 0.244 e. The van der Waals surface area contributed by atoms with E-state index in [1.807, 2.05) is 24.3 Å². The van der Waals surface area contributed by atoms with Gasteiger partial charge in [-0.3, -0.25) is 9.59 Å². The van der Waals surface area contributed by atoms with Gasteiger partial charge in [0.1, 0.15) is 6.54 Å². The van der Waals surface area contributed by atoms with Crippen molar-refractivity contribution in [2.45, 2.75) is 6.54 Å². The van der Waals surface area contributed by atoms with Crippen LogP contribution in [0.15, 0.2) is 53.1 Å². The van der Waals surface area contributed by atoms with E-state index in [4.69, 9.17) is 11.6 Å². The number of carbonyl (C=O) groups is 2. The third-order valence-corrected chi connectivity index (χ3v) is 4.70. The van der Waals surface area contributed by atoms with Gasteiger partial charge in [0.2, 0.25) is 5.91 Å². The second-order valence-electron chi connectivity index (χ2n) is 5.02. The van der Waals surface area contributed by atoms with Gasteiger partial charge in [0.25, 0.3) is 0 Å². The molecule has 1 N–H and O–H groups in total. The van der Waals surface area contributed by atoms with Crippen LogP contribution in [0, 0.1) is 0 Å². The molecule has 0 saturated heterocycles. The Labute approximate surface area is 146 Å². The van der Waals surface area contributed by atoms with Crippen LogP contribution in [0.25, 0.3) is 10.9 Å². The van der Waals surface area contributed by atoms with Crippen molar-refractivity contribution in [3.63, 3.8) is 0 Å². The van der Waals surface area contributed by atoms with Crippen LogP contribution in [-0.4, -0.2) is 16.8 Å². The van der Waals surface area contributed by atoms with Crippen molar-refractivity contribution in [1.82, 2.24) is 4.57 Å². The van der Waals surface area contributed by atoms with Crippen molar-refractivity contribution in [1.29, 1.82) is 0 Å². The van der Waals surface area contributed by atoms with Crippen molar-refractivity contribution in [3.05, 3.63) is 63.7 Å². The molecule has 0 aliphatic carbocycles. The van der Waals surface area contributed by atoms with Crippen molar-refractivity contribution in [3.8, 4) is 0 Å². The number of anilines is 1. The molecule has 3 aromatic rings. The number of nitrogens with one attached hydrogen (secondary N) is 1. The van der Waals surface area contributed by atoms with Crippen molar-refractivity contribution < 1.29 is 9.59 Å². The number of rotatable bonds is 4. The first-order valence-electron chi connectivity index (χ1n) is 6.86. The largest absolute Gasteiger partial charge is 0.337 e. The van der Waals surface area contributed by atoms with Gasteiger partial charge in [-0.05, 0) is 40.2 Å². The second kappa shape index (κ2) is 6.56. The molecule has 0 spiro atoms. The van der Waals surface area contributed by atoms with E-state index >= 15 is 0 Å². The number of amides is 1. The highest BCUT2D eigenvalue weighted by molar-refractivity contribution is 9.10. The molecule has 0 aliphatic heterocycles. The summed E-state index contributed by atoms with van der Waals surface area (Å²) < 4.78 is 2.53. The van der Waals surface area contributed by atoms with Crippen LogP contribution in [0.5, 0.6) is 0 Å². The predicted molar refractivity (Wildman–Crippen MR) is 95.1 cm³/mol. The average Bonchev–Trinajstić information content (AvgIpc) is 2.89. The normalized spacial score (nSPS) is 10.7. The molecule has 2 aromatic carbocycles. The molecule has 1 heterocycles. The Balaban J connectivity index is 1.83. The summed E-state index contributed by atoms with van der Waals surface area (Å²) in [4.78, 5) is 23.4. The number of aromatic nitrogens is 1. The summed E-state index contributed by atoms with van der Waals surface area (Å²) in [6.45, 7) is 0.113. The van der Waals surface area contributed by atoms with Crippen LogP contribution < -0.4 is 5.32 Å². The maximum absolute atomic E-state index is 12.2. The minimum Gasteiger partial charge on any atom is -0.337 e. The van der Waals surface area contributed by atoms with Gasteiger partial charge < -0.3 is 9.88 Å². The summed E-state index contributed by atoms with van der Waals surface area (Å²) in [5.41, 5.74) is 2.04. The summed E-state index contributed by atoms with van der Waals surface area (Å²) >= 11 is 9.32. The van der Waals surface area contributed by atoms with Crippen molar-refractivity contribution in [2.75, 3.05) is 5.32 Å². The van der Waals surface area contributed by atoms with E-state index in [0.717, 1.165) is 21.7 Å². The first kappa shape index (κ1) is 15.8. The third-order valence-electron chi connectivity index (χ3n) is 3.46. The molecule has 0 bridgehead atoms. The quantitative estimate of drug-likeness (QED) is 0.665. The molecule has 0 saturated carbocycles. The van der Waals surface area contributed by atoms with Gasteiger partial charge in [-0.2, -0.15) is 0 Å². The Morgan fingerprint density at radius 3 is 2.78 bits per heavy atom. The summed E-state index contributed by atoms with van der Waals surface area (Å²) in [5.74, 6) is -0.193. The molecule has 0 radical (unpaired) electrons. The molecule has 4 nitrogen and oxygen atoms in total. The van der Waals surface area contributed by atoms with Crippen LogP contribution in [0.3, 0.4) is 0 Å². The zero-order valence-electron chi connectivity index (χ0n) is 11.9. The zero-order valence-corrected chi connectivity index (χ0v) is 14.3. The molecule has 1 aromatic heterocycles. The lowest BCUT2D eigenvalue weighted by atomic mass is 10.2. The van der Waals surface area contributed by atoms with Crippen LogP contribution in [-0.2, 0) is 11.3 Å². The summed E-state index contributed by atoms with van der Waals surface area (Å²) in [5, 5.41) is 4.16. The average molecular weight is 392 g/mol. The lowest BCUT2D eigenvalue weighted by molar-refractivity contribution is -0.116. The van der Waals surface area contributed by atoms with Crippen LogP contribution in [0.2, 0.25) is 5.02 Å². The Hall–Kier alpha value is -2.11. The SMILES string of the molecule is O=Cc1cn(CC(=O)Nc2ccc(Br)c(Cl)c2)c2ccccc12. The topological polar surface area (TPSA) is 51.1 Å². The number of benzene rings is 2. The molecular weight excluding hydrogens is 380 g/mol. The predicted octanol–water partition coefficient (Wildman–Crippen LogP) is 4.51. The Kier molecular flexibility index (Phi) is 4.50. The second-order valence-corrected chi connectivity index (χ2v) is 6.29. The number of halogens is 2. The van der Waals surface area contributed by atoms with E-state index in [2.05, 4.69) is 21.2 Å². The maximum atomic E-state index is 12.2. The zero-order chi connectivity index (χ0) is 16.4. The summed E-state index contributed by atoms with van der Waals surface area (Å²) in [6.07, 6.45) is 2.48. The van der Waals surface area contributed by atoms with Crippen LogP contribution in [0.4, 0.5) is 5.69 Å². The molecule has 6 heteroatoms. The van der Waals surface area contributed by atoms with E-state index in [9.17, 15) is 9.59 Å². The fourth-order valence-corrected chi connectivity index (χ4v) is 2.86. The van der Waals surface area contributed by atoms with E-state index in [1.165, 1.54) is 0 Å². The summed E-state index contributed by atoms with van der Waals surface area (Å²) in [6, 6.07) is 12.7. The fourth-order valence-electron chi connectivity index (χ4n) is 2.43. The van der Waals surface area contributed by atoms with Gasteiger partial charge in [0, 0.05) is 32.8 Å². The van der Waals surface area contributed by atoms with Gasteiger partial charge in [-0.25, -0.2) is 0 Å². The van der Waals surface area contributed by atoms with Gasteiger partial charge >= 0.3 is 0 Å². The molecule has 0 unspecified atom stereocenters. The van der Waals surface area contributed by atoms with E-state index in [-0.39, 0.29) is 12.5 Å². The molecule has 0 fully saturated rings. The van der Waals surface area contributed by atoms with Crippen LogP contribution >= 0.6 is 27.5 Å². The van der Waals surface area contributed by atoms with Crippen LogP contribution in [0.1, 0.15) is 10.4 Å². The fraction of sp³-hybridized carbons (Fsp3) is 0.0588. The number of para-hydroxylation sites is 1. The standard InChI is InChI=1S/C17H12BrClN2O2/c18-14-6-5-12(7-15(14)19)20-17(23)9-21-8-11(10-22)13-3-1-2-4-16(13)21/h1-8,10H,9H2,(H,20,23). The Morgan fingerprint density at radius 2 is 2.04 bits per heavy atom. The lowest BCUT2D eigenvalue weighted by Gasteiger charge is -2.08. The molecule has 3 rings (SSSR count). The molecular formula is C17H12BrClN2O2. The molecule has 116 valence electrons. The lowest BCUT2D eigenvalue weighted by Crippen LogP contribution is -2.18. The highest BCUT2D eigenvalue weighted by Crippen LogP contribution is 2.25. The number of hydrogen-bond acceptors (Lipinski definition) is 2. The molecule has 0 atom stereocenters. The van der Waals surface area contributed by atoms with Crippen molar-refractivity contribution in [2.24, 2.45) is 0 Å². The minimum absolute atomic E-state index is 0.113. The number of nitrogens with zero attached hydrogens (tertiary/aromatic N) is 1. The van der Waals surface area contributed by atoms with Gasteiger partial charge in [-0.1, -0.05) is 29.8 Å². The van der Waals surface area contributed by atoms with E-state index in [1.54, 1.807) is 29.0 Å². The third kappa shape index (κ3) is 3.30. The van der Waals surface area contributed by atoms with E-state index in [0.29, 0.717) is 16.3 Å². The molecule has 23 heavy (non-hydrogen) atoms. The molecule has 1 amide bonds. The highest BCUT2D eigenvalue weighted by Gasteiger charge is 2.11. The van der Waals surface area contributed by atoms with E-state index < -0.39 is 0 Å². The number of aldehydes is 1. The number of fused-ring (bicyclic) bond motifs is 1. The monoisotopic (exact) mass is 390 g/mol. The van der Waals surface area contributed by atoms with Gasteiger partial charge in [-0.15, -0.1) is 0 Å². The molecule has 0 aliphatic rings. The minimum atomic E-state index is -0.193. The Bertz CT molecular complexity index is 905. The Morgan fingerprint density at radius 1 is 1.26 bits per heavy atom. The van der Waals surface area contributed by atoms with Crippen molar-refractivity contribution >= 4 is 56.3 Å². The first-order chi connectivity index (χ1) is 11.1. The van der Waals surface area contributed by atoms with Gasteiger partial charge in [0.15, 0.2) is 6.29 Å². The highest BCUT2D eigenvalue weighted by atomic mass is 79.9. The van der Waals surface area contributed by atoms with Gasteiger partial charge in [0.05, 0.1) is 5.02 Å². The summed E-state index contributed by atoms with van der Waals surface area (Å²) in [7, 11) is 0. The number of carbonyl (C=O) groups excluding carboxylic acids is 2.